The number of carbonyl (C=O) groups is 1. The van der Waals surface area contributed by atoms with Crippen molar-refractivity contribution in [1.29, 1.82) is 0 Å². The monoisotopic (exact) mass is 455 g/mol. The second-order valence-corrected chi connectivity index (χ2v) is 8.96. The minimum Gasteiger partial charge on any atom is -0.359 e. The zero-order chi connectivity index (χ0) is 23.5. The van der Waals surface area contributed by atoms with Crippen molar-refractivity contribution in [3.8, 4) is 22.5 Å². The lowest BCUT2D eigenvalue weighted by Crippen LogP contribution is -2.28. The molecule has 0 bridgehead atoms. The summed E-state index contributed by atoms with van der Waals surface area (Å²) in [6, 6.07) is 23.9. The van der Waals surface area contributed by atoms with E-state index in [1.165, 1.54) is 0 Å². The Kier molecular flexibility index (Phi) is 4.17. The van der Waals surface area contributed by atoms with Crippen molar-refractivity contribution < 1.29 is 4.79 Å². The van der Waals surface area contributed by atoms with Crippen molar-refractivity contribution >= 4 is 27.8 Å². The Morgan fingerprint density at radius 3 is 2.63 bits per heavy atom. The first-order valence-electron chi connectivity index (χ1n) is 11.6. The van der Waals surface area contributed by atoms with Gasteiger partial charge in [0.1, 0.15) is 5.82 Å². The third-order valence-electron chi connectivity index (χ3n) is 6.81. The molecule has 3 N–H and O–H groups in total. The van der Waals surface area contributed by atoms with Gasteiger partial charge in [0.05, 0.1) is 23.3 Å². The van der Waals surface area contributed by atoms with E-state index >= 15 is 0 Å². The highest BCUT2D eigenvalue weighted by molar-refractivity contribution is 6.07. The Labute approximate surface area is 201 Å². The van der Waals surface area contributed by atoms with Crippen molar-refractivity contribution in [2.24, 2.45) is 0 Å². The largest absolute Gasteiger partial charge is 0.359 e. The molecule has 1 amide bonds. The van der Waals surface area contributed by atoms with E-state index in [0.717, 1.165) is 61.3 Å². The predicted molar refractivity (Wildman–Crippen MR) is 137 cm³/mol. The van der Waals surface area contributed by atoms with Crippen molar-refractivity contribution in [3.05, 3.63) is 108 Å². The van der Waals surface area contributed by atoms with Crippen LogP contribution in [0, 0.1) is 6.92 Å². The minimum absolute atomic E-state index is 0.0949. The molecule has 3 aromatic heterocycles. The van der Waals surface area contributed by atoms with Crippen LogP contribution >= 0.6 is 0 Å². The molecule has 0 fully saturated rings. The number of rotatable bonds is 3. The van der Waals surface area contributed by atoms with Crippen LogP contribution in [0.1, 0.15) is 33.2 Å². The van der Waals surface area contributed by atoms with Gasteiger partial charge in [0, 0.05) is 33.9 Å². The van der Waals surface area contributed by atoms with Gasteiger partial charge in [0.2, 0.25) is 0 Å². The number of hydrogen-bond acceptors (Lipinski definition) is 3. The van der Waals surface area contributed by atoms with Crippen LogP contribution in [0.3, 0.4) is 0 Å². The summed E-state index contributed by atoms with van der Waals surface area (Å²) in [7, 11) is 0. The molecule has 0 spiro atoms. The van der Waals surface area contributed by atoms with Gasteiger partial charge in [-0.15, -0.1) is 0 Å². The maximum atomic E-state index is 13.6. The average molecular weight is 456 g/mol. The number of benzene rings is 3. The van der Waals surface area contributed by atoms with Gasteiger partial charge < -0.3 is 15.3 Å². The fraction of sp³-hybridized carbons (Fsp3) is 0.0690. The number of aromatic amines is 2. The summed E-state index contributed by atoms with van der Waals surface area (Å²) in [5, 5.41) is 4.25. The van der Waals surface area contributed by atoms with Gasteiger partial charge >= 0.3 is 0 Å². The van der Waals surface area contributed by atoms with Crippen molar-refractivity contribution in [2.75, 3.05) is 0 Å². The lowest BCUT2D eigenvalue weighted by molar-refractivity contribution is 0.0945. The van der Waals surface area contributed by atoms with E-state index in [-0.39, 0.29) is 11.9 Å². The molecule has 7 rings (SSSR count). The summed E-state index contributed by atoms with van der Waals surface area (Å²) < 4.78 is 0. The van der Waals surface area contributed by atoms with Crippen LogP contribution in [-0.4, -0.2) is 25.8 Å². The highest BCUT2D eigenvalue weighted by Crippen LogP contribution is 2.47. The van der Waals surface area contributed by atoms with E-state index in [1.54, 1.807) is 12.4 Å². The third kappa shape index (κ3) is 3.00. The molecule has 0 saturated carbocycles. The number of pyridine rings is 1. The molecule has 1 unspecified atom stereocenters. The van der Waals surface area contributed by atoms with E-state index in [2.05, 4.69) is 44.5 Å². The van der Waals surface area contributed by atoms with Crippen LogP contribution in [0.5, 0.6) is 0 Å². The van der Waals surface area contributed by atoms with Gasteiger partial charge in [0.15, 0.2) is 0 Å². The number of aryl methyl sites for hydroxylation is 1. The Bertz CT molecular complexity index is 1740. The molecule has 0 radical (unpaired) electrons. The van der Waals surface area contributed by atoms with Crippen LogP contribution in [-0.2, 0) is 0 Å². The lowest BCUT2D eigenvalue weighted by atomic mass is 9.98. The SMILES string of the molecule is Cc1cc2c(C(=O)NC3c4ccccc4-c4c(-c5nc6ccncc6[nH]5)cccc43)cccc2[nH]1. The summed E-state index contributed by atoms with van der Waals surface area (Å²) in [5.74, 6) is 0.696. The topological polar surface area (TPSA) is 86.5 Å². The molecule has 0 aliphatic heterocycles. The maximum Gasteiger partial charge on any atom is 0.252 e. The first-order chi connectivity index (χ1) is 17.2. The van der Waals surface area contributed by atoms with E-state index < -0.39 is 0 Å². The fourth-order valence-corrected chi connectivity index (χ4v) is 5.29. The smallest absolute Gasteiger partial charge is 0.252 e. The van der Waals surface area contributed by atoms with Gasteiger partial charge in [-0.05, 0) is 53.4 Å². The molecular weight excluding hydrogens is 434 g/mol. The van der Waals surface area contributed by atoms with Gasteiger partial charge in [-0.1, -0.05) is 48.5 Å². The van der Waals surface area contributed by atoms with Crippen LogP contribution in [0.4, 0.5) is 0 Å². The number of nitrogens with one attached hydrogen (secondary N) is 3. The maximum absolute atomic E-state index is 13.6. The van der Waals surface area contributed by atoms with E-state index in [1.807, 2.05) is 55.5 Å². The number of aromatic nitrogens is 4. The number of nitrogens with zero attached hydrogens (tertiary/aromatic N) is 2. The minimum atomic E-state index is -0.255. The second kappa shape index (κ2) is 7.40. The van der Waals surface area contributed by atoms with Crippen LogP contribution in [0.2, 0.25) is 0 Å². The van der Waals surface area contributed by atoms with Crippen LogP contribution in [0.15, 0.2) is 85.2 Å². The number of H-pyrrole nitrogens is 2. The van der Waals surface area contributed by atoms with E-state index in [9.17, 15) is 4.79 Å². The van der Waals surface area contributed by atoms with Crippen molar-refractivity contribution in [1.82, 2.24) is 25.3 Å². The highest BCUT2D eigenvalue weighted by atomic mass is 16.1. The summed E-state index contributed by atoms with van der Waals surface area (Å²) in [5.41, 5.74) is 9.78. The molecule has 0 saturated heterocycles. The molecule has 168 valence electrons. The van der Waals surface area contributed by atoms with Gasteiger partial charge in [0.25, 0.3) is 5.91 Å². The molecule has 1 aliphatic rings. The molecule has 6 heteroatoms. The summed E-state index contributed by atoms with van der Waals surface area (Å²) in [4.78, 5) is 29.3. The van der Waals surface area contributed by atoms with Gasteiger partial charge in [-0.25, -0.2) is 4.98 Å². The van der Waals surface area contributed by atoms with Crippen LogP contribution in [0.25, 0.3) is 44.5 Å². The standard InChI is InChI=1S/C29H21N5O/c1-16-14-22-19(8-5-11-23(22)31-16)29(35)34-27-18-7-3-2-6-17(18)26-20(27)9-4-10-21(26)28-32-24-12-13-30-15-25(24)33-28/h2-15,27,31H,1H3,(H,32,33)(H,34,35). The molecule has 3 aromatic carbocycles. The summed E-state index contributed by atoms with van der Waals surface area (Å²) in [6.07, 6.45) is 3.53. The highest BCUT2D eigenvalue weighted by Gasteiger charge is 2.32. The van der Waals surface area contributed by atoms with Crippen molar-refractivity contribution in [2.45, 2.75) is 13.0 Å². The van der Waals surface area contributed by atoms with Gasteiger partial charge in [-0.3, -0.25) is 9.78 Å². The van der Waals surface area contributed by atoms with Crippen LogP contribution < -0.4 is 5.32 Å². The third-order valence-corrected chi connectivity index (χ3v) is 6.81. The zero-order valence-electron chi connectivity index (χ0n) is 19.0. The fourth-order valence-electron chi connectivity index (χ4n) is 5.29. The Morgan fingerprint density at radius 2 is 1.71 bits per heavy atom. The number of fused-ring (bicyclic) bond motifs is 5. The van der Waals surface area contributed by atoms with E-state index in [0.29, 0.717) is 5.56 Å². The zero-order valence-corrected chi connectivity index (χ0v) is 19.0. The van der Waals surface area contributed by atoms with Crippen molar-refractivity contribution in [3.63, 3.8) is 0 Å². The second-order valence-electron chi connectivity index (χ2n) is 8.96. The quantitative estimate of drug-likeness (QED) is 0.310. The molecule has 6 aromatic rings. The molecule has 1 aliphatic carbocycles. The van der Waals surface area contributed by atoms with Gasteiger partial charge in [-0.2, -0.15) is 0 Å². The number of carbonyl (C=O) groups excluding carboxylic acids is 1. The summed E-state index contributed by atoms with van der Waals surface area (Å²) >= 11 is 0. The first kappa shape index (κ1) is 19.7. The Hall–Kier alpha value is -4.71. The Morgan fingerprint density at radius 1 is 0.886 bits per heavy atom. The molecule has 6 nitrogen and oxygen atoms in total. The number of imidazole rings is 1. The number of hydrogen-bond donors (Lipinski definition) is 3. The molecule has 3 heterocycles. The predicted octanol–water partition coefficient (Wildman–Crippen LogP) is 5.91. The normalized spacial score (nSPS) is 14.3. The molecule has 1 atom stereocenters. The first-order valence-corrected chi connectivity index (χ1v) is 11.6. The Balaban J connectivity index is 1.35. The summed E-state index contributed by atoms with van der Waals surface area (Å²) in [6.45, 7) is 2.00. The molecule has 35 heavy (non-hydrogen) atoms. The lowest BCUT2D eigenvalue weighted by Gasteiger charge is -2.17. The molecular formula is C29H21N5O. The van der Waals surface area contributed by atoms with E-state index in [4.69, 9.17) is 4.98 Å². The number of amides is 1. The average Bonchev–Trinajstić information content (AvgIpc) is 3.57.